The molecular weight excluding hydrogens is 272 g/mol. The van der Waals surface area contributed by atoms with Gasteiger partial charge in [-0.05, 0) is 24.5 Å². The Bertz CT molecular complexity index is 495. The minimum Gasteiger partial charge on any atom is -0.313 e. The van der Waals surface area contributed by atoms with Gasteiger partial charge in [0.15, 0.2) is 0 Å². The third kappa shape index (κ3) is 5.61. The number of rotatable bonds is 8. The van der Waals surface area contributed by atoms with Crippen molar-refractivity contribution < 1.29 is 8.42 Å². The second kappa shape index (κ2) is 7.76. The van der Waals surface area contributed by atoms with Gasteiger partial charge in [0, 0.05) is 19.1 Å². The van der Waals surface area contributed by atoms with Crippen LogP contribution in [-0.2, 0) is 23.0 Å². The van der Waals surface area contributed by atoms with E-state index >= 15 is 0 Å². The Kier molecular flexibility index (Phi) is 6.65. The van der Waals surface area contributed by atoms with Gasteiger partial charge in [-0.2, -0.15) is 0 Å². The summed E-state index contributed by atoms with van der Waals surface area (Å²) in [6.45, 7) is 8.63. The molecule has 0 radical (unpaired) electrons. The highest BCUT2D eigenvalue weighted by Gasteiger charge is 2.20. The molecule has 0 bridgehead atoms. The highest BCUT2D eigenvalue weighted by Crippen LogP contribution is 2.06. The number of hydrogen-bond donors (Lipinski definition) is 2. The molecule has 0 aliphatic carbocycles. The third-order valence-corrected chi connectivity index (χ3v) is 5.02. The van der Waals surface area contributed by atoms with Crippen molar-refractivity contribution in [1.29, 1.82) is 0 Å². The standard InChI is InChI=1S/C15H26N2O2S/c1-5-14-6-8-15(9-7-14)11-17-20(18,19)13(4)10-16-12(2)3/h6-9,12-13,16-17H,5,10-11H2,1-4H3. The smallest absolute Gasteiger partial charge is 0.215 e. The maximum Gasteiger partial charge on any atom is 0.215 e. The molecule has 0 fully saturated rings. The van der Waals surface area contributed by atoms with Crippen molar-refractivity contribution in [3.63, 3.8) is 0 Å². The first kappa shape index (κ1) is 17.1. The van der Waals surface area contributed by atoms with Crippen LogP contribution in [0.1, 0.15) is 38.8 Å². The molecule has 20 heavy (non-hydrogen) atoms. The number of aryl methyl sites for hydroxylation is 1. The van der Waals surface area contributed by atoms with Crippen LogP contribution in [0.25, 0.3) is 0 Å². The van der Waals surface area contributed by atoms with Gasteiger partial charge >= 0.3 is 0 Å². The van der Waals surface area contributed by atoms with Gasteiger partial charge in [-0.15, -0.1) is 0 Å². The van der Waals surface area contributed by atoms with Crippen molar-refractivity contribution in [3.8, 4) is 0 Å². The molecule has 0 aliphatic rings. The van der Waals surface area contributed by atoms with E-state index in [4.69, 9.17) is 0 Å². The summed E-state index contributed by atoms with van der Waals surface area (Å²) in [5.41, 5.74) is 2.24. The van der Waals surface area contributed by atoms with Gasteiger partial charge in [-0.3, -0.25) is 0 Å². The molecule has 0 heterocycles. The van der Waals surface area contributed by atoms with E-state index in [1.807, 2.05) is 38.1 Å². The quantitative estimate of drug-likeness (QED) is 0.772. The Labute approximate surface area is 123 Å². The monoisotopic (exact) mass is 298 g/mol. The average molecular weight is 298 g/mol. The number of benzene rings is 1. The Hall–Kier alpha value is -0.910. The molecule has 0 aromatic heterocycles. The summed E-state index contributed by atoms with van der Waals surface area (Å²) < 4.78 is 26.8. The third-order valence-electron chi connectivity index (χ3n) is 3.25. The second-order valence-electron chi connectivity index (χ2n) is 5.41. The van der Waals surface area contributed by atoms with Gasteiger partial charge in [0.25, 0.3) is 0 Å². The molecule has 5 heteroatoms. The largest absolute Gasteiger partial charge is 0.313 e. The van der Waals surface area contributed by atoms with Crippen LogP contribution in [0.4, 0.5) is 0 Å². The fraction of sp³-hybridized carbons (Fsp3) is 0.600. The van der Waals surface area contributed by atoms with Gasteiger partial charge in [0.1, 0.15) is 0 Å². The summed E-state index contributed by atoms with van der Waals surface area (Å²) in [4.78, 5) is 0. The fourth-order valence-corrected chi connectivity index (χ4v) is 2.70. The zero-order valence-electron chi connectivity index (χ0n) is 12.8. The van der Waals surface area contributed by atoms with Gasteiger partial charge in [-0.25, -0.2) is 13.1 Å². The van der Waals surface area contributed by atoms with Crippen molar-refractivity contribution in [1.82, 2.24) is 10.0 Å². The van der Waals surface area contributed by atoms with E-state index in [-0.39, 0.29) is 6.04 Å². The van der Waals surface area contributed by atoms with E-state index in [1.165, 1.54) is 5.56 Å². The summed E-state index contributed by atoms with van der Waals surface area (Å²) >= 11 is 0. The zero-order chi connectivity index (χ0) is 15.2. The van der Waals surface area contributed by atoms with Gasteiger partial charge in [0.05, 0.1) is 5.25 Å². The van der Waals surface area contributed by atoms with Crippen LogP contribution in [0.2, 0.25) is 0 Å². The molecule has 2 N–H and O–H groups in total. The zero-order valence-corrected chi connectivity index (χ0v) is 13.6. The molecule has 0 aliphatic heterocycles. The van der Waals surface area contributed by atoms with Crippen LogP contribution in [0.5, 0.6) is 0 Å². The van der Waals surface area contributed by atoms with Crippen LogP contribution in [-0.4, -0.2) is 26.3 Å². The van der Waals surface area contributed by atoms with Crippen molar-refractivity contribution in [2.24, 2.45) is 0 Å². The van der Waals surface area contributed by atoms with E-state index in [0.29, 0.717) is 13.1 Å². The van der Waals surface area contributed by atoms with E-state index in [0.717, 1.165) is 12.0 Å². The average Bonchev–Trinajstić information content (AvgIpc) is 2.43. The lowest BCUT2D eigenvalue weighted by Crippen LogP contribution is -2.40. The van der Waals surface area contributed by atoms with E-state index in [1.54, 1.807) is 6.92 Å². The normalized spacial score (nSPS) is 13.7. The number of nitrogens with one attached hydrogen (secondary N) is 2. The lowest BCUT2D eigenvalue weighted by atomic mass is 10.1. The Morgan fingerprint density at radius 3 is 2.10 bits per heavy atom. The minimum atomic E-state index is -3.28. The minimum absolute atomic E-state index is 0.286. The summed E-state index contributed by atoms with van der Waals surface area (Å²) in [5, 5.41) is 2.70. The van der Waals surface area contributed by atoms with Crippen molar-refractivity contribution in [2.45, 2.75) is 52.0 Å². The van der Waals surface area contributed by atoms with E-state index in [9.17, 15) is 8.42 Å². The number of sulfonamides is 1. The SMILES string of the molecule is CCc1ccc(CNS(=O)(=O)C(C)CNC(C)C)cc1. The van der Waals surface area contributed by atoms with Gasteiger partial charge in [-0.1, -0.05) is 45.0 Å². The molecule has 0 saturated carbocycles. The van der Waals surface area contributed by atoms with Crippen molar-refractivity contribution in [2.75, 3.05) is 6.54 Å². The molecule has 1 aromatic carbocycles. The topological polar surface area (TPSA) is 58.2 Å². The Balaban J connectivity index is 2.53. The van der Waals surface area contributed by atoms with Gasteiger partial charge < -0.3 is 5.32 Å². The first-order chi connectivity index (χ1) is 9.35. The van der Waals surface area contributed by atoms with Crippen LogP contribution in [0, 0.1) is 0 Å². The Morgan fingerprint density at radius 1 is 1.05 bits per heavy atom. The molecule has 0 amide bonds. The maximum atomic E-state index is 12.1. The highest BCUT2D eigenvalue weighted by atomic mass is 32.2. The lowest BCUT2D eigenvalue weighted by Gasteiger charge is -2.16. The molecular formula is C15H26N2O2S. The van der Waals surface area contributed by atoms with E-state index in [2.05, 4.69) is 17.0 Å². The first-order valence-corrected chi connectivity index (χ1v) is 8.69. The first-order valence-electron chi connectivity index (χ1n) is 7.14. The molecule has 1 rings (SSSR count). The van der Waals surface area contributed by atoms with Crippen LogP contribution in [0.3, 0.4) is 0 Å². The lowest BCUT2D eigenvalue weighted by molar-refractivity contribution is 0.540. The van der Waals surface area contributed by atoms with Crippen molar-refractivity contribution >= 4 is 10.0 Å². The van der Waals surface area contributed by atoms with Crippen LogP contribution in [0.15, 0.2) is 24.3 Å². The van der Waals surface area contributed by atoms with Crippen molar-refractivity contribution in [3.05, 3.63) is 35.4 Å². The molecule has 0 spiro atoms. The summed E-state index contributed by atoms with van der Waals surface area (Å²) in [5.74, 6) is 0. The highest BCUT2D eigenvalue weighted by molar-refractivity contribution is 7.90. The Morgan fingerprint density at radius 2 is 1.60 bits per heavy atom. The molecule has 114 valence electrons. The summed E-state index contributed by atoms with van der Waals surface area (Å²) in [6.07, 6.45) is 0.990. The van der Waals surface area contributed by atoms with E-state index < -0.39 is 15.3 Å². The number of hydrogen-bond acceptors (Lipinski definition) is 3. The molecule has 1 atom stereocenters. The van der Waals surface area contributed by atoms with Gasteiger partial charge in [0.2, 0.25) is 10.0 Å². The molecule has 0 saturated heterocycles. The molecule has 1 unspecified atom stereocenters. The predicted octanol–water partition coefficient (Wildman–Crippen LogP) is 2.05. The van der Waals surface area contributed by atoms with Crippen LogP contribution >= 0.6 is 0 Å². The predicted molar refractivity (Wildman–Crippen MR) is 84.2 cm³/mol. The molecule has 1 aromatic rings. The fourth-order valence-electron chi connectivity index (χ4n) is 1.73. The van der Waals surface area contributed by atoms with Crippen LogP contribution < -0.4 is 10.0 Å². The maximum absolute atomic E-state index is 12.1. The molecule has 4 nitrogen and oxygen atoms in total. The second-order valence-corrected chi connectivity index (χ2v) is 7.59. The summed E-state index contributed by atoms with van der Waals surface area (Å²) in [7, 11) is -3.28. The summed E-state index contributed by atoms with van der Waals surface area (Å²) in [6, 6.07) is 8.30.